The van der Waals surface area contributed by atoms with Crippen molar-refractivity contribution >= 4 is 35.0 Å². The number of hydrogen-bond donors (Lipinski definition) is 2. The Hall–Kier alpha value is -5.24. The number of nitrogens with zero attached hydrogens (tertiary/aromatic N) is 2. The van der Waals surface area contributed by atoms with Gasteiger partial charge < -0.3 is 20.4 Å². The van der Waals surface area contributed by atoms with E-state index in [-0.39, 0.29) is 36.0 Å². The molecule has 0 aromatic heterocycles. The fraction of sp³-hybridized carbons (Fsp3) is 0.222. The molecule has 1 aliphatic heterocycles. The quantitative estimate of drug-likeness (QED) is 0.265. The van der Waals surface area contributed by atoms with E-state index in [0.29, 0.717) is 42.1 Å². The Bertz CT molecular complexity index is 1610. The van der Waals surface area contributed by atoms with Gasteiger partial charge in [-0.15, -0.1) is 0 Å². The van der Waals surface area contributed by atoms with Crippen LogP contribution < -0.4 is 10.6 Å². The molecular weight excluding hydrogens is 552 g/mol. The summed E-state index contributed by atoms with van der Waals surface area (Å²) < 4.78 is 0. The maximum atomic E-state index is 13.0. The molecule has 1 atom stereocenters. The smallest absolute Gasteiger partial charge is 0.253 e. The first kappa shape index (κ1) is 30.2. The average Bonchev–Trinajstić information content (AvgIpc) is 3.06. The number of likely N-dealkylation sites (tertiary alicyclic amines) is 1. The van der Waals surface area contributed by atoms with E-state index < -0.39 is 0 Å². The number of carbonyl (C=O) groups is 4. The molecule has 224 valence electrons. The van der Waals surface area contributed by atoms with E-state index in [4.69, 9.17) is 0 Å². The number of hydrogen-bond acceptors (Lipinski definition) is 4. The van der Waals surface area contributed by atoms with Crippen LogP contribution >= 0.6 is 0 Å². The fourth-order valence-corrected chi connectivity index (χ4v) is 5.36. The van der Waals surface area contributed by atoms with Gasteiger partial charge in [0.1, 0.15) is 0 Å². The minimum atomic E-state index is -0.289. The van der Waals surface area contributed by atoms with Crippen LogP contribution in [0.1, 0.15) is 44.7 Å². The first-order valence-electron chi connectivity index (χ1n) is 14.8. The van der Waals surface area contributed by atoms with Gasteiger partial charge in [0.2, 0.25) is 11.8 Å². The summed E-state index contributed by atoms with van der Waals surface area (Å²) in [6.07, 6.45) is 1.63. The highest BCUT2D eigenvalue weighted by atomic mass is 16.2. The summed E-state index contributed by atoms with van der Waals surface area (Å²) in [6.45, 7) is 1.51. The molecule has 2 N–H and O–H groups in total. The largest absolute Gasteiger partial charge is 0.338 e. The summed E-state index contributed by atoms with van der Waals surface area (Å²) in [4.78, 5) is 55.0. The normalized spacial score (nSPS) is 14.4. The maximum absolute atomic E-state index is 13.0. The van der Waals surface area contributed by atoms with Crippen LogP contribution in [-0.2, 0) is 22.6 Å². The Balaban J connectivity index is 1.11. The summed E-state index contributed by atoms with van der Waals surface area (Å²) in [5.74, 6) is -0.812. The summed E-state index contributed by atoms with van der Waals surface area (Å²) in [7, 11) is 1.75. The Morgan fingerprint density at radius 1 is 0.750 bits per heavy atom. The summed E-state index contributed by atoms with van der Waals surface area (Å²) in [5.41, 5.74) is 4.12. The van der Waals surface area contributed by atoms with E-state index >= 15 is 0 Å². The van der Waals surface area contributed by atoms with E-state index in [1.807, 2.05) is 48.5 Å². The molecule has 44 heavy (non-hydrogen) atoms. The molecule has 4 amide bonds. The summed E-state index contributed by atoms with van der Waals surface area (Å²) in [6, 6.07) is 33.0. The third-order valence-electron chi connectivity index (χ3n) is 7.69. The first-order chi connectivity index (χ1) is 21.4. The van der Waals surface area contributed by atoms with E-state index in [0.717, 1.165) is 24.0 Å². The van der Waals surface area contributed by atoms with Gasteiger partial charge >= 0.3 is 0 Å². The lowest BCUT2D eigenvalue weighted by Gasteiger charge is -2.32. The predicted molar refractivity (Wildman–Crippen MR) is 171 cm³/mol. The number of amides is 4. The van der Waals surface area contributed by atoms with Crippen molar-refractivity contribution in [2.45, 2.75) is 25.8 Å². The SMILES string of the molecule is CN(Cc1ccccc1)C(=O)c1cccc(NC(=O)Cc2ccc(NC(=O)C3CCCN(C(=O)c4ccccc4)C3)cc2)c1. The van der Waals surface area contributed by atoms with Crippen LogP contribution in [0.15, 0.2) is 109 Å². The molecule has 4 aromatic carbocycles. The van der Waals surface area contributed by atoms with Gasteiger partial charge in [0, 0.05) is 49.2 Å². The number of carbonyl (C=O) groups excluding carboxylic acids is 4. The third-order valence-corrected chi connectivity index (χ3v) is 7.69. The van der Waals surface area contributed by atoms with Crippen molar-refractivity contribution in [2.75, 3.05) is 30.8 Å². The lowest BCUT2D eigenvalue weighted by Crippen LogP contribution is -2.43. The Kier molecular flexibility index (Phi) is 9.81. The van der Waals surface area contributed by atoms with Crippen molar-refractivity contribution in [1.29, 1.82) is 0 Å². The van der Waals surface area contributed by atoms with Crippen LogP contribution in [0.3, 0.4) is 0 Å². The second-order valence-corrected chi connectivity index (χ2v) is 11.1. The highest BCUT2D eigenvalue weighted by molar-refractivity contribution is 5.98. The number of nitrogens with one attached hydrogen (secondary N) is 2. The van der Waals surface area contributed by atoms with Gasteiger partial charge in [-0.3, -0.25) is 19.2 Å². The molecule has 0 bridgehead atoms. The van der Waals surface area contributed by atoms with Gasteiger partial charge in [-0.2, -0.15) is 0 Å². The molecular formula is C36H36N4O4. The van der Waals surface area contributed by atoms with Crippen molar-refractivity contribution in [3.8, 4) is 0 Å². The monoisotopic (exact) mass is 588 g/mol. The molecule has 0 aliphatic carbocycles. The predicted octanol–water partition coefficient (Wildman–Crippen LogP) is 5.63. The molecule has 1 heterocycles. The average molecular weight is 589 g/mol. The minimum absolute atomic E-state index is 0.0561. The number of benzene rings is 4. The lowest BCUT2D eigenvalue weighted by molar-refractivity contribution is -0.121. The van der Waals surface area contributed by atoms with Crippen LogP contribution in [0.25, 0.3) is 0 Å². The van der Waals surface area contributed by atoms with Gasteiger partial charge in [0.05, 0.1) is 12.3 Å². The van der Waals surface area contributed by atoms with E-state index in [1.54, 1.807) is 77.5 Å². The highest BCUT2D eigenvalue weighted by Crippen LogP contribution is 2.21. The molecule has 5 rings (SSSR count). The highest BCUT2D eigenvalue weighted by Gasteiger charge is 2.29. The van der Waals surface area contributed by atoms with Gasteiger partial charge in [-0.1, -0.05) is 66.7 Å². The molecule has 0 spiro atoms. The summed E-state index contributed by atoms with van der Waals surface area (Å²) >= 11 is 0. The van der Waals surface area contributed by atoms with Crippen LogP contribution in [-0.4, -0.2) is 53.6 Å². The Morgan fingerprint density at radius 2 is 1.43 bits per heavy atom. The topological polar surface area (TPSA) is 98.8 Å². The molecule has 8 nitrogen and oxygen atoms in total. The van der Waals surface area contributed by atoms with Crippen LogP contribution in [0.4, 0.5) is 11.4 Å². The number of anilines is 2. The van der Waals surface area contributed by atoms with E-state index in [9.17, 15) is 19.2 Å². The first-order valence-corrected chi connectivity index (χ1v) is 14.8. The molecule has 8 heteroatoms. The molecule has 4 aromatic rings. The van der Waals surface area contributed by atoms with Crippen molar-refractivity contribution < 1.29 is 19.2 Å². The zero-order chi connectivity index (χ0) is 30.9. The van der Waals surface area contributed by atoms with Crippen LogP contribution in [0.2, 0.25) is 0 Å². The second kappa shape index (κ2) is 14.3. The van der Waals surface area contributed by atoms with Crippen molar-refractivity contribution in [2.24, 2.45) is 5.92 Å². The standard InChI is InChI=1S/C36H36N4O4/c1-39(24-27-10-4-2-5-11-27)35(43)29-14-8-16-32(23-29)37-33(41)22-26-17-19-31(20-18-26)38-34(42)30-15-9-21-40(25-30)36(44)28-12-6-3-7-13-28/h2-8,10-14,16-20,23,30H,9,15,21-22,24-25H2,1H3,(H,37,41)(H,38,42). The zero-order valence-electron chi connectivity index (χ0n) is 24.7. The lowest BCUT2D eigenvalue weighted by atomic mass is 9.96. The van der Waals surface area contributed by atoms with Gasteiger partial charge in [0.25, 0.3) is 11.8 Å². The molecule has 0 radical (unpaired) electrons. The molecule has 1 unspecified atom stereocenters. The Morgan fingerprint density at radius 3 is 2.16 bits per heavy atom. The molecule has 1 aliphatic rings. The van der Waals surface area contributed by atoms with E-state index in [2.05, 4.69) is 10.6 Å². The van der Waals surface area contributed by atoms with Gasteiger partial charge in [0.15, 0.2) is 0 Å². The molecule has 1 saturated heterocycles. The maximum Gasteiger partial charge on any atom is 0.253 e. The van der Waals surface area contributed by atoms with Crippen molar-refractivity contribution in [1.82, 2.24) is 9.80 Å². The van der Waals surface area contributed by atoms with Crippen LogP contribution in [0.5, 0.6) is 0 Å². The number of rotatable bonds is 9. The fourth-order valence-electron chi connectivity index (χ4n) is 5.36. The number of piperidine rings is 1. The second-order valence-electron chi connectivity index (χ2n) is 11.1. The van der Waals surface area contributed by atoms with Gasteiger partial charge in [-0.25, -0.2) is 0 Å². The van der Waals surface area contributed by atoms with Gasteiger partial charge in [-0.05, 0) is 66.4 Å². The zero-order valence-corrected chi connectivity index (χ0v) is 24.7. The molecule has 0 saturated carbocycles. The third kappa shape index (κ3) is 7.98. The van der Waals surface area contributed by atoms with Crippen molar-refractivity contribution in [3.63, 3.8) is 0 Å². The summed E-state index contributed by atoms with van der Waals surface area (Å²) in [5, 5.41) is 5.84. The Labute approximate surface area is 257 Å². The molecule has 1 fully saturated rings. The van der Waals surface area contributed by atoms with Crippen LogP contribution in [0, 0.1) is 5.92 Å². The van der Waals surface area contributed by atoms with Crippen molar-refractivity contribution in [3.05, 3.63) is 131 Å². The van der Waals surface area contributed by atoms with E-state index in [1.165, 1.54) is 0 Å². The minimum Gasteiger partial charge on any atom is -0.338 e.